The second-order valence-electron chi connectivity index (χ2n) is 5.40. The summed E-state index contributed by atoms with van der Waals surface area (Å²) >= 11 is 0. The van der Waals surface area contributed by atoms with E-state index in [1.54, 1.807) is 0 Å². The number of aliphatic imine (C=N–C) groups is 1. The third-order valence-corrected chi connectivity index (χ3v) is 3.95. The van der Waals surface area contributed by atoms with Gasteiger partial charge in [0, 0.05) is 26.2 Å². The van der Waals surface area contributed by atoms with E-state index in [4.69, 9.17) is 4.74 Å². The monoisotopic (exact) mass is 253 g/mol. The van der Waals surface area contributed by atoms with Crippen molar-refractivity contribution in [3.63, 3.8) is 0 Å². The van der Waals surface area contributed by atoms with Crippen LogP contribution in [-0.4, -0.2) is 38.3 Å². The number of guanidine groups is 1. The summed E-state index contributed by atoms with van der Waals surface area (Å²) in [7, 11) is 1.85. The maximum atomic E-state index is 5.62. The first-order chi connectivity index (χ1) is 8.88. The average Bonchev–Trinajstić information content (AvgIpc) is 2.92. The molecule has 1 heterocycles. The van der Waals surface area contributed by atoms with Crippen molar-refractivity contribution in [2.45, 2.75) is 63.5 Å². The minimum absolute atomic E-state index is 0.463. The first-order valence-corrected chi connectivity index (χ1v) is 7.47. The van der Waals surface area contributed by atoms with Crippen LogP contribution in [0.25, 0.3) is 0 Å². The molecule has 0 bridgehead atoms. The molecule has 18 heavy (non-hydrogen) atoms. The van der Waals surface area contributed by atoms with Crippen molar-refractivity contribution < 1.29 is 4.74 Å². The Hall–Kier alpha value is -0.770. The third kappa shape index (κ3) is 4.48. The molecule has 0 amide bonds. The Morgan fingerprint density at radius 3 is 2.67 bits per heavy atom. The number of hydrogen-bond donors (Lipinski definition) is 2. The molecule has 104 valence electrons. The molecule has 2 N–H and O–H groups in total. The highest BCUT2D eigenvalue weighted by molar-refractivity contribution is 5.79. The Bertz CT molecular complexity index is 256. The number of rotatable bonds is 4. The van der Waals surface area contributed by atoms with E-state index < -0.39 is 0 Å². The highest BCUT2D eigenvalue weighted by Crippen LogP contribution is 2.17. The van der Waals surface area contributed by atoms with Crippen LogP contribution >= 0.6 is 0 Å². The standard InChI is InChI=1S/C14H27N3O/c1-15-14(17-12-6-3-2-4-7-12)16-10-9-13-8-5-11-18-13/h12-13H,2-11H2,1H3,(H2,15,16,17). The van der Waals surface area contributed by atoms with Gasteiger partial charge < -0.3 is 15.4 Å². The molecule has 1 saturated heterocycles. The molecular formula is C14H27N3O. The molecule has 4 nitrogen and oxygen atoms in total. The predicted molar refractivity (Wildman–Crippen MR) is 75.0 cm³/mol. The second-order valence-corrected chi connectivity index (χ2v) is 5.40. The van der Waals surface area contributed by atoms with Crippen molar-refractivity contribution in [3.05, 3.63) is 0 Å². The summed E-state index contributed by atoms with van der Waals surface area (Å²) in [6, 6.07) is 0.618. The van der Waals surface area contributed by atoms with Crippen LogP contribution in [-0.2, 0) is 4.74 Å². The summed E-state index contributed by atoms with van der Waals surface area (Å²) in [5.41, 5.74) is 0. The molecule has 0 aromatic rings. The predicted octanol–water partition coefficient (Wildman–Crippen LogP) is 2.05. The topological polar surface area (TPSA) is 45.7 Å². The molecular weight excluding hydrogens is 226 g/mol. The molecule has 1 aliphatic heterocycles. The zero-order valence-electron chi connectivity index (χ0n) is 11.6. The van der Waals surface area contributed by atoms with Crippen molar-refractivity contribution in [2.75, 3.05) is 20.2 Å². The van der Waals surface area contributed by atoms with Crippen LogP contribution in [0.5, 0.6) is 0 Å². The summed E-state index contributed by atoms with van der Waals surface area (Å²) in [4.78, 5) is 4.30. The summed E-state index contributed by atoms with van der Waals surface area (Å²) < 4.78 is 5.62. The van der Waals surface area contributed by atoms with Crippen molar-refractivity contribution in [2.24, 2.45) is 4.99 Å². The van der Waals surface area contributed by atoms with E-state index in [2.05, 4.69) is 15.6 Å². The molecule has 0 spiro atoms. The molecule has 4 heteroatoms. The van der Waals surface area contributed by atoms with Gasteiger partial charge >= 0.3 is 0 Å². The summed E-state index contributed by atoms with van der Waals surface area (Å²) in [6.45, 7) is 1.90. The molecule has 0 radical (unpaired) electrons. The molecule has 0 aromatic heterocycles. The number of nitrogens with one attached hydrogen (secondary N) is 2. The van der Waals surface area contributed by atoms with Gasteiger partial charge in [0.15, 0.2) is 5.96 Å². The fourth-order valence-corrected chi connectivity index (χ4v) is 2.86. The quantitative estimate of drug-likeness (QED) is 0.595. The van der Waals surface area contributed by atoms with E-state index >= 15 is 0 Å². The van der Waals surface area contributed by atoms with E-state index in [0.717, 1.165) is 25.5 Å². The van der Waals surface area contributed by atoms with Gasteiger partial charge in [0.1, 0.15) is 0 Å². The average molecular weight is 253 g/mol. The van der Waals surface area contributed by atoms with Gasteiger partial charge in [-0.25, -0.2) is 0 Å². The molecule has 1 aliphatic carbocycles. The summed E-state index contributed by atoms with van der Waals surface area (Å²) in [6.07, 6.45) is 10.7. The van der Waals surface area contributed by atoms with E-state index in [9.17, 15) is 0 Å². The van der Waals surface area contributed by atoms with Gasteiger partial charge in [-0.2, -0.15) is 0 Å². The molecule has 2 fully saturated rings. The minimum atomic E-state index is 0.463. The lowest BCUT2D eigenvalue weighted by molar-refractivity contribution is 0.105. The summed E-state index contributed by atoms with van der Waals surface area (Å²) in [5.74, 6) is 0.958. The maximum Gasteiger partial charge on any atom is 0.191 e. The summed E-state index contributed by atoms with van der Waals surface area (Å²) in [5, 5.41) is 6.93. The Morgan fingerprint density at radius 1 is 1.17 bits per heavy atom. The zero-order chi connectivity index (χ0) is 12.6. The number of hydrogen-bond acceptors (Lipinski definition) is 2. The third-order valence-electron chi connectivity index (χ3n) is 3.95. The van der Waals surface area contributed by atoms with Gasteiger partial charge in [-0.05, 0) is 32.1 Å². The van der Waals surface area contributed by atoms with Crippen LogP contribution in [0.4, 0.5) is 0 Å². The van der Waals surface area contributed by atoms with Crippen molar-refractivity contribution in [3.8, 4) is 0 Å². The van der Waals surface area contributed by atoms with E-state index in [-0.39, 0.29) is 0 Å². The van der Waals surface area contributed by atoms with E-state index in [0.29, 0.717) is 12.1 Å². The highest BCUT2D eigenvalue weighted by atomic mass is 16.5. The molecule has 1 saturated carbocycles. The number of ether oxygens (including phenoxy) is 1. The SMILES string of the molecule is CN=C(NCCC1CCCO1)NC1CCCCC1. The zero-order valence-corrected chi connectivity index (χ0v) is 11.6. The van der Waals surface area contributed by atoms with Crippen molar-refractivity contribution >= 4 is 5.96 Å². The van der Waals surface area contributed by atoms with Crippen LogP contribution in [0.3, 0.4) is 0 Å². The maximum absolute atomic E-state index is 5.62. The molecule has 1 atom stereocenters. The normalized spacial score (nSPS) is 26.3. The Labute approximate surface area is 111 Å². The van der Waals surface area contributed by atoms with Gasteiger partial charge in [-0.1, -0.05) is 19.3 Å². The lowest BCUT2D eigenvalue weighted by Crippen LogP contribution is -2.44. The van der Waals surface area contributed by atoms with E-state index in [1.165, 1.54) is 44.9 Å². The van der Waals surface area contributed by atoms with Crippen LogP contribution < -0.4 is 10.6 Å². The number of nitrogens with zero attached hydrogens (tertiary/aromatic N) is 1. The smallest absolute Gasteiger partial charge is 0.191 e. The van der Waals surface area contributed by atoms with Crippen LogP contribution in [0.1, 0.15) is 51.4 Å². The highest BCUT2D eigenvalue weighted by Gasteiger charge is 2.16. The van der Waals surface area contributed by atoms with Crippen molar-refractivity contribution in [1.82, 2.24) is 10.6 Å². The molecule has 0 aromatic carbocycles. The Morgan fingerprint density at radius 2 is 2.00 bits per heavy atom. The lowest BCUT2D eigenvalue weighted by atomic mass is 9.96. The van der Waals surface area contributed by atoms with E-state index in [1.807, 2.05) is 7.05 Å². The molecule has 2 aliphatic rings. The van der Waals surface area contributed by atoms with Crippen LogP contribution in [0, 0.1) is 0 Å². The second kappa shape index (κ2) is 7.62. The first kappa shape index (κ1) is 13.7. The fourth-order valence-electron chi connectivity index (χ4n) is 2.86. The lowest BCUT2D eigenvalue weighted by Gasteiger charge is -2.25. The van der Waals surface area contributed by atoms with Gasteiger partial charge in [-0.3, -0.25) is 4.99 Å². The van der Waals surface area contributed by atoms with Gasteiger partial charge in [-0.15, -0.1) is 0 Å². The molecule has 1 unspecified atom stereocenters. The van der Waals surface area contributed by atoms with Crippen LogP contribution in [0.2, 0.25) is 0 Å². The molecule has 2 rings (SSSR count). The Balaban J connectivity index is 1.62. The van der Waals surface area contributed by atoms with Gasteiger partial charge in [0.2, 0.25) is 0 Å². The van der Waals surface area contributed by atoms with Gasteiger partial charge in [0.25, 0.3) is 0 Å². The first-order valence-electron chi connectivity index (χ1n) is 7.47. The van der Waals surface area contributed by atoms with Gasteiger partial charge in [0.05, 0.1) is 6.10 Å². The largest absolute Gasteiger partial charge is 0.378 e. The van der Waals surface area contributed by atoms with Crippen LogP contribution in [0.15, 0.2) is 4.99 Å². The Kier molecular flexibility index (Phi) is 5.78. The fraction of sp³-hybridized carbons (Fsp3) is 0.929. The van der Waals surface area contributed by atoms with Crippen molar-refractivity contribution in [1.29, 1.82) is 0 Å². The minimum Gasteiger partial charge on any atom is -0.378 e.